The normalized spacial score (nSPS) is 11.3. The topological polar surface area (TPSA) is 47.0 Å². The smallest absolute Gasteiger partial charge is 0.433 e. The van der Waals surface area contributed by atoms with Crippen molar-refractivity contribution in [1.82, 2.24) is 9.97 Å². The molecule has 0 aromatic carbocycles. The number of nitrogens with one attached hydrogen (secondary N) is 1. The largest absolute Gasteiger partial charge is 0.481 e. The molecule has 1 rings (SSSR count). The Kier molecular flexibility index (Phi) is 3.33. The van der Waals surface area contributed by atoms with Crippen molar-refractivity contribution in [2.24, 2.45) is 0 Å². The van der Waals surface area contributed by atoms with E-state index in [1.54, 1.807) is 6.92 Å². The van der Waals surface area contributed by atoms with Crippen molar-refractivity contribution in [1.29, 1.82) is 0 Å². The molecule has 15 heavy (non-hydrogen) atoms. The molecule has 0 aliphatic carbocycles. The summed E-state index contributed by atoms with van der Waals surface area (Å²) in [6.45, 7) is 2.17. The van der Waals surface area contributed by atoms with E-state index >= 15 is 0 Å². The van der Waals surface area contributed by atoms with Gasteiger partial charge in [0, 0.05) is 12.6 Å². The molecule has 0 unspecified atom stereocenters. The highest BCUT2D eigenvalue weighted by molar-refractivity contribution is 5.31. The lowest BCUT2D eigenvalue weighted by Crippen LogP contribution is -2.12. The highest BCUT2D eigenvalue weighted by Gasteiger charge is 2.33. The average molecular weight is 221 g/mol. The van der Waals surface area contributed by atoms with Gasteiger partial charge in [-0.25, -0.2) is 4.98 Å². The van der Waals surface area contributed by atoms with Crippen LogP contribution >= 0.6 is 0 Å². The van der Waals surface area contributed by atoms with Crippen molar-refractivity contribution < 1.29 is 17.9 Å². The summed E-state index contributed by atoms with van der Waals surface area (Å²) >= 11 is 0. The Balaban J connectivity index is 3.11. The second-order valence-corrected chi connectivity index (χ2v) is 2.65. The first kappa shape index (κ1) is 11.5. The van der Waals surface area contributed by atoms with Crippen LogP contribution in [-0.4, -0.2) is 23.6 Å². The number of alkyl halides is 3. The van der Waals surface area contributed by atoms with Crippen LogP contribution in [0.5, 0.6) is 5.88 Å². The van der Waals surface area contributed by atoms with Gasteiger partial charge in [-0.05, 0) is 6.92 Å². The van der Waals surface area contributed by atoms with E-state index in [9.17, 15) is 13.2 Å². The number of halogens is 3. The lowest BCUT2D eigenvalue weighted by atomic mass is 10.4. The van der Waals surface area contributed by atoms with Crippen molar-refractivity contribution in [2.45, 2.75) is 13.1 Å². The van der Waals surface area contributed by atoms with Gasteiger partial charge in [-0.15, -0.1) is 0 Å². The summed E-state index contributed by atoms with van der Waals surface area (Å²) in [6, 6.07) is 0.751. The molecule has 1 N–H and O–H groups in total. The van der Waals surface area contributed by atoms with Crippen molar-refractivity contribution in [3.63, 3.8) is 0 Å². The number of methoxy groups -OCH3 is 1. The van der Waals surface area contributed by atoms with Crippen LogP contribution in [0, 0.1) is 0 Å². The summed E-state index contributed by atoms with van der Waals surface area (Å²) in [7, 11) is 1.25. The molecule has 0 amide bonds. The van der Waals surface area contributed by atoms with Crippen LogP contribution in [0.3, 0.4) is 0 Å². The van der Waals surface area contributed by atoms with Gasteiger partial charge in [-0.1, -0.05) is 0 Å². The Morgan fingerprint density at radius 2 is 2.07 bits per heavy atom. The number of anilines is 1. The van der Waals surface area contributed by atoms with Gasteiger partial charge in [-0.2, -0.15) is 18.2 Å². The van der Waals surface area contributed by atoms with E-state index in [0.717, 1.165) is 6.07 Å². The van der Waals surface area contributed by atoms with Gasteiger partial charge in [0.2, 0.25) is 11.8 Å². The van der Waals surface area contributed by atoms with Crippen LogP contribution in [0.15, 0.2) is 6.07 Å². The van der Waals surface area contributed by atoms with Gasteiger partial charge in [0.05, 0.1) is 7.11 Å². The van der Waals surface area contributed by atoms with Gasteiger partial charge in [-0.3, -0.25) is 0 Å². The number of hydrogen-bond acceptors (Lipinski definition) is 4. The maximum Gasteiger partial charge on any atom is 0.433 e. The van der Waals surface area contributed by atoms with Gasteiger partial charge < -0.3 is 10.1 Å². The maximum atomic E-state index is 12.4. The van der Waals surface area contributed by atoms with Crippen LogP contribution < -0.4 is 10.1 Å². The fourth-order valence-corrected chi connectivity index (χ4v) is 0.912. The molecule has 0 aliphatic rings. The van der Waals surface area contributed by atoms with E-state index in [0.29, 0.717) is 6.54 Å². The third kappa shape index (κ3) is 2.97. The van der Waals surface area contributed by atoms with Crippen molar-refractivity contribution in [2.75, 3.05) is 19.0 Å². The van der Waals surface area contributed by atoms with Gasteiger partial charge in [0.15, 0.2) is 5.69 Å². The Morgan fingerprint density at radius 3 is 2.53 bits per heavy atom. The highest BCUT2D eigenvalue weighted by atomic mass is 19.4. The van der Waals surface area contributed by atoms with Crippen LogP contribution in [0.4, 0.5) is 19.1 Å². The Hall–Kier alpha value is -1.53. The first-order valence-corrected chi connectivity index (χ1v) is 4.21. The minimum atomic E-state index is -4.50. The summed E-state index contributed by atoms with van der Waals surface area (Å²) in [5.41, 5.74) is -1.02. The second-order valence-electron chi connectivity index (χ2n) is 2.65. The second kappa shape index (κ2) is 4.33. The predicted octanol–water partition coefficient (Wildman–Crippen LogP) is 1.94. The first-order chi connectivity index (χ1) is 6.97. The van der Waals surface area contributed by atoms with E-state index < -0.39 is 11.9 Å². The zero-order valence-corrected chi connectivity index (χ0v) is 8.22. The zero-order valence-electron chi connectivity index (χ0n) is 8.22. The van der Waals surface area contributed by atoms with E-state index in [1.807, 2.05) is 0 Å². The van der Waals surface area contributed by atoms with E-state index in [4.69, 9.17) is 0 Å². The average Bonchev–Trinajstić information content (AvgIpc) is 2.16. The molecule has 7 heteroatoms. The summed E-state index contributed by atoms with van der Waals surface area (Å²) in [6.07, 6.45) is -4.50. The molecule has 0 aliphatic heterocycles. The molecule has 1 heterocycles. The standard InChI is InChI=1S/C8H10F3N3O/c1-3-12-7-13-5(8(9,10)11)4-6(14-7)15-2/h4H,3H2,1-2H3,(H,12,13,14). The Morgan fingerprint density at radius 1 is 1.40 bits per heavy atom. The molecule has 0 saturated carbocycles. The zero-order chi connectivity index (χ0) is 11.5. The molecule has 1 aromatic rings. The van der Waals surface area contributed by atoms with Gasteiger partial charge in [0.1, 0.15) is 0 Å². The fourth-order valence-electron chi connectivity index (χ4n) is 0.912. The van der Waals surface area contributed by atoms with E-state index in [2.05, 4.69) is 20.0 Å². The summed E-state index contributed by atoms with van der Waals surface area (Å²) in [5.74, 6) is -0.211. The van der Waals surface area contributed by atoms with Crippen LogP contribution in [-0.2, 0) is 6.18 Å². The minimum Gasteiger partial charge on any atom is -0.481 e. The third-order valence-corrected chi connectivity index (χ3v) is 1.54. The van der Waals surface area contributed by atoms with Crippen molar-refractivity contribution in [3.05, 3.63) is 11.8 Å². The number of nitrogens with zero attached hydrogens (tertiary/aromatic N) is 2. The van der Waals surface area contributed by atoms with Crippen molar-refractivity contribution >= 4 is 5.95 Å². The molecule has 0 spiro atoms. The van der Waals surface area contributed by atoms with E-state index in [1.165, 1.54) is 7.11 Å². The minimum absolute atomic E-state index is 0.0934. The number of ether oxygens (including phenoxy) is 1. The highest BCUT2D eigenvalue weighted by Crippen LogP contribution is 2.29. The number of hydrogen-bond donors (Lipinski definition) is 1. The molecule has 0 radical (unpaired) electrons. The van der Waals surface area contributed by atoms with Crippen molar-refractivity contribution in [3.8, 4) is 5.88 Å². The summed E-state index contributed by atoms with van der Waals surface area (Å²) in [4.78, 5) is 7.03. The van der Waals surface area contributed by atoms with Crippen LogP contribution in [0.1, 0.15) is 12.6 Å². The van der Waals surface area contributed by atoms with E-state index in [-0.39, 0.29) is 11.8 Å². The first-order valence-electron chi connectivity index (χ1n) is 4.21. The number of rotatable bonds is 3. The summed E-state index contributed by atoms with van der Waals surface area (Å²) < 4.78 is 41.7. The molecular formula is C8H10F3N3O. The predicted molar refractivity (Wildman–Crippen MR) is 47.7 cm³/mol. The lowest BCUT2D eigenvalue weighted by Gasteiger charge is -2.09. The molecule has 0 fully saturated rings. The van der Waals surface area contributed by atoms with Crippen LogP contribution in [0.25, 0.3) is 0 Å². The maximum absolute atomic E-state index is 12.4. The lowest BCUT2D eigenvalue weighted by molar-refractivity contribution is -0.141. The quantitative estimate of drug-likeness (QED) is 0.847. The SMILES string of the molecule is CCNc1nc(OC)cc(C(F)(F)F)n1. The number of aromatic nitrogens is 2. The molecular weight excluding hydrogens is 211 g/mol. The Labute approximate surface area is 84.5 Å². The monoisotopic (exact) mass is 221 g/mol. The van der Waals surface area contributed by atoms with Gasteiger partial charge in [0.25, 0.3) is 0 Å². The molecule has 4 nitrogen and oxygen atoms in total. The third-order valence-electron chi connectivity index (χ3n) is 1.54. The van der Waals surface area contributed by atoms with Gasteiger partial charge >= 0.3 is 6.18 Å². The molecule has 84 valence electrons. The fraction of sp³-hybridized carbons (Fsp3) is 0.500. The summed E-state index contributed by atoms with van der Waals surface area (Å²) in [5, 5.41) is 2.59. The molecule has 1 aromatic heterocycles. The molecule has 0 saturated heterocycles. The molecule has 0 bridgehead atoms. The van der Waals surface area contributed by atoms with Crippen LogP contribution in [0.2, 0.25) is 0 Å². The molecule has 0 atom stereocenters. The Bertz CT molecular complexity index is 340.